The number of nitrogens with zero attached hydrogens (tertiary/aromatic N) is 1. The van der Waals surface area contributed by atoms with E-state index in [4.69, 9.17) is 4.74 Å². The highest BCUT2D eigenvalue weighted by Gasteiger charge is 2.46. The van der Waals surface area contributed by atoms with Crippen molar-refractivity contribution < 1.29 is 4.74 Å². The van der Waals surface area contributed by atoms with E-state index in [1.54, 1.807) is 5.56 Å². The van der Waals surface area contributed by atoms with Gasteiger partial charge in [-0.1, -0.05) is 177 Å². The van der Waals surface area contributed by atoms with Gasteiger partial charge in [0.15, 0.2) is 0 Å². The molecule has 0 saturated carbocycles. The van der Waals surface area contributed by atoms with Gasteiger partial charge in [-0.2, -0.15) is 0 Å². The van der Waals surface area contributed by atoms with Crippen LogP contribution in [0.5, 0.6) is 11.5 Å². The van der Waals surface area contributed by atoms with Gasteiger partial charge in [0.1, 0.15) is 11.5 Å². The Labute approximate surface area is 390 Å². The Morgan fingerprint density at radius 2 is 1.05 bits per heavy atom. The predicted molar refractivity (Wildman–Crippen MR) is 275 cm³/mol. The third kappa shape index (κ3) is 7.51. The number of benzene rings is 9. The van der Waals surface area contributed by atoms with Crippen molar-refractivity contribution >= 4 is 17.1 Å². The molecule has 2 heteroatoms. The molecular weight excluding hydrogens is 799 g/mol. The van der Waals surface area contributed by atoms with Gasteiger partial charge in [0.25, 0.3) is 0 Å². The molecule has 0 radical (unpaired) electrons. The van der Waals surface area contributed by atoms with Gasteiger partial charge >= 0.3 is 0 Å². The van der Waals surface area contributed by atoms with E-state index in [-0.39, 0.29) is 0 Å². The summed E-state index contributed by atoms with van der Waals surface area (Å²) < 4.78 is 6.60. The fraction of sp³-hybridized carbons (Fsp3) is 0.156. The van der Waals surface area contributed by atoms with Gasteiger partial charge < -0.3 is 9.64 Å². The molecule has 66 heavy (non-hydrogen) atoms. The molecule has 0 N–H and O–H groups in total. The van der Waals surface area contributed by atoms with Crippen molar-refractivity contribution in [2.24, 2.45) is 0 Å². The lowest BCUT2D eigenvalue weighted by molar-refractivity contribution is 0.481. The van der Waals surface area contributed by atoms with Crippen molar-refractivity contribution in [1.29, 1.82) is 0 Å². The van der Waals surface area contributed by atoms with E-state index in [1.807, 2.05) is 0 Å². The predicted octanol–water partition coefficient (Wildman–Crippen LogP) is 17.1. The lowest BCUT2D eigenvalue weighted by Gasteiger charge is -2.35. The quantitative estimate of drug-likeness (QED) is 0.115. The molecule has 0 spiro atoms. The zero-order chi connectivity index (χ0) is 44.6. The first-order valence-electron chi connectivity index (χ1n) is 23.8. The Kier molecular flexibility index (Phi) is 11.0. The normalized spacial score (nSPS) is 15.4. The van der Waals surface area contributed by atoms with Gasteiger partial charge in [0.2, 0.25) is 0 Å². The molecule has 322 valence electrons. The van der Waals surface area contributed by atoms with Crippen LogP contribution >= 0.6 is 0 Å². The summed E-state index contributed by atoms with van der Waals surface area (Å²) in [5.41, 5.74) is 19.8. The molecule has 0 bridgehead atoms. The van der Waals surface area contributed by atoms with E-state index in [2.05, 4.69) is 244 Å². The molecule has 0 aromatic heterocycles. The Morgan fingerprint density at radius 3 is 1.71 bits per heavy atom. The zero-order valence-corrected chi connectivity index (χ0v) is 38.1. The van der Waals surface area contributed by atoms with Crippen LogP contribution in [0.1, 0.15) is 88.6 Å². The van der Waals surface area contributed by atoms with Crippen LogP contribution < -0.4 is 9.64 Å². The van der Waals surface area contributed by atoms with Crippen LogP contribution in [0.2, 0.25) is 0 Å². The standard InChI is InChI=1S/C64H55NO/c1-4-46(51-23-21-50-22-24-52(50)42-51)41-45(3)47-27-36-58(37-28-47)66-59-38-31-54(32-39-59)64(53-29-19-44(2)20-30-53)62-18-12-11-17-60(62)61-40-35-57(43-63(61)64)65(55-15-9-6-10-16-55)56-33-25-49(26-34-56)48-13-7-5-8-14-48/h5-21,23,25-40,42-43,45-46H,4,22,24,41H2,1-3H3. The first-order chi connectivity index (χ1) is 32.5. The molecule has 11 rings (SSSR count). The summed E-state index contributed by atoms with van der Waals surface area (Å²) >= 11 is 0. The first-order valence-corrected chi connectivity index (χ1v) is 23.8. The molecule has 2 aliphatic rings. The van der Waals surface area contributed by atoms with Gasteiger partial charge in [0, 0.05) is 17.1 Å². The molecule has 9 aromatic carbocycles. The highest BCUT2D eigenvalue weighted by molar-refractivity contribution is 5.89. The van der Waals surface area contributed by atoms with Gasteiger partial charge in [-0.05, 0) is 172 Å². The number of aryl methyl sites for hydroxylation is 3. The van der Waals surface area contributed by atoms with E-state index in [0.717, 1.165) is 41.4 Å². The average Bonchev–Trinajstić information content (AvgIpc) is 3.65. The highest BCUT2D eigenvalue weighted by Crippen LogP contribution is 2.57. The van der Waals surface area contributed by atoms with E-state index < -0.39 is 5.41 Å². The lowest BCUT2D eigenvalue weighted by Crippen LogP contribution is -2.28. The minimum absolute atomic E-state index is 0.449. The molecule has 2 aliphatic carbocycles. The maximum absolute atomic E-state index is 6.60. The Bertz CT molecular complexity index is 3120. The minimum Gasteiger partial charge on any atom is -0.457 e. The lowest BCUT2D eigenvalue weighted by atomic mass is 9.67. The van der Waals surface area contributed by atoms with Crippen molar-refractivity contribution in [2.75, 3.05) is 4.90 Å². The van der Waals surface area contributed by atoms with Gasteiger partial charge in [-0.3, -0.25) is 0 Å². The molecule has 0 fully saturated rings. The van der Waals surface area contributed by atoms with Gasteiger partial charge in [-0.15, -0.1) is 0 Å². The number of para-hydroxylation sites is 1. The van der Waals surface area contributed by atoms with E-state index >= 15 is 0 Å². The third-order valence-corrected chi connectivity index (χ3v) is 14.5. The molecule has 0 aliphatic heterocycles. The number of hydrogen-bond acceptors (Lipinski definition) is 2. The summed E-state index contributed by atoms with van der Waals surface area (Å²) in [4.78, 5) is 2.39. The van der Waals surface area contributed by atoms with Crippen molar-refractivity contribution in [1.82, 2.24) is 0 Å². The Hall–Kier alpha value is -7.42. The maximum Gasteiger partial charge on any atom is 0.127 e. The second-order valence-corrected chi connectivity index (χ2v) is 18.4. The van der Waals surface area contributed by atoms with E-state index in [9.17, 15) is 0 Å². The Morgan fingerprint density at radius 1 is 0.485 bits per heavy atom. The fourth-order valence-corrected chi connectivity index (χ4v) is 10.8. The largest absolute Gasteiger partial charge is 0.457 e. The van der Waals surface area contributed by atoms with E-state index in [1.165, 1.54) is 79.6 Å². The van der Waals surface area contributed by atoms with Crippen LogP contribution in [0.25, 0.3) is 22.3 Å². The molecule has 0 heterocycles. The smallest absolute Gasteiger partial charge is 0.127 e. The summed E-state index contributed by atoms with van der Waals surface area (Å²) in [6, 6.07) is 80.3. The fourth-order valence-electron chi connectivity index (χ4n) is 10.8. The van der Waals surface area contributed by atoms with E-state index in [0.29, 0.717) is 11.8 Å². The van der Waals surface area contributed by atoms with Crippen molar-refractivity contribution in [3.8, 4) is 33.8 Å². The summed E-state index contributed by atoms with van der Waals surface area (Å²) in [7, 11) is 0. The second kappa shape index (κ2) is 17.5. The number of anilines is 3. The molecular formula is C64H55NO. The second-order valence-electron chi connectivity index (χ2n) is 18.4. The Balaban J connectivity index is 0.940. The van der Waals surface area contributed by atoms with Crippen LogP contribution in [0.15, 0.2) is 218 Å². The molecule has 3 atom stereocenters. The topological polar surface area (TPSA) is 12.5 Å². The molecule has 9 aromatic rings. The summed E-state index contributed by atoms with van der Waals surface area (Å²) in [6.45, 7) is 6.87. The highest BCUT2D eigenvalue weighted by atomic mass is 16.5. The van der Waals surface area contributed by atoms with Crippen LogP contribution in [-0.4, -0.2) is 0 Å². The van der Waals surface area contributed by atoms with Gasteiger partial charge in [0.05, 0.1) is 5.41 Å². The van der Waals surface area contributed by atoms with Crippen LogP contribution in [-0.2, 0) is 18.3 Å². The molecule has 0 saturated heterocycles. The third-order valence-electron chi connectivity index (χ3n) is 14.5. The minimum atomic E-state index is -0.581. The number of ether oxygens (including phenoxy) is 1. The SMILES string of the molecule is CCC(CC(C)c1ccc(Oc2ccc(C3(c4ccc(C)cc4)c4ccccc4-c4ccc(N(c5ccccc5)c5ccc(-c6ccccc6)cc5)cc43)cc2)cc1)c1ccc2c(c1)CC2. The van der Waals surface area contributed by atoms with Crippen molar-refractivity contribution in [2.45, 2.75) is 63.7 Å². The number of rotatable bonds is 13. The monoisotopic (exact) mass is 853 g/mol. The maximum atomic E-state index is 6.60. The van der Waals surface area contributed by atoms with Crippen molar-refractivity contribution in [3.63, 3.8) is 0 Å². The summed E-state index contributed by atoms with van der Waals surface area (Å²) in [6.07, 6.45) is 4.76. The van der Waals surface area contributed by atoms with Gasteiger partial charge in [-0.25, -0.2) is 0 Å². The van der Waals surface area contributed by atoms with Crippen molar-refractivity contribution in [3.05, 3.63) is 268 Å². The molecule has 0 amide bonds. The molecule has 3 unspecified atom stereocenters. The van der Waals surface area contributed by atoms with Crippen LogP contribution in [0.3, 0.4) is 0 Å². The zero-order valence-electron chi connectivity index (χ0n) is 38.1. The van der Waals surface area contributed by atoms with Crippen LogP contribution in [0.4, 0.5) is 17.1 Å². The molecule has 2 nitrogen and oxygen atoms in total. The first kappa shape index (κ1) is 41.3. The summed E-state index contributed by atoms with van der Waals surface area (Å²) in [5, 5.41) is 0. The number of fused-ring (bicyclic) bond motifs is 4. The summed E-state index contributed by atoms with van der Waals surface area (Å²) in [5.74, 6) is 2.68. The van der Waals surface area contributed by atoms with Crippen LogP contribution in [0, 0.1) is 6.92 Å². The number of hydrogen-bond donors (Lipinski definition) is 0. The average molecular weight is 854 g/mol.